The minimum absolute atomic E-state index is 0. The number of amides is 1. The van der Waals surface area contributed by atoms with Crippen molar-refractivity contribution >= 4 is 41.5 Å². The van der Waals surface area contributed by atoms with Crippen molar-refractivity contribution in [3.8, 4) is 0 Å². The largest absolute Gasteiger partial charge is 0.378 e. The van der Waals surface area contributed by atoms with Crippen molar-refractivity contribution in [2.75, 3.05) is 38.1 Å². The van der Waals surface area contributed by atoms with Crippen LogP contribution in [0.4, 0.5) is 5.69 Å². The molecule has 152 valence electrons. The lowest BCUT2D eigenvalue weighted by molar-refractivity contribution is -0.114. The minimum Gasteiger partial charge on any atom is -0.378 e. The summed E-state index contributed by atoms with van der Waals surface area (Å²) in [6.07, 6.45) is 3.28. The van der Waals surface area contributed by atoms with E-state index in [1.807, 2.05) is 32.0 Å². The fraction of sp³-hybridized carbons (Fsp3) is 0.600. The summed E-state index contributed by atoms with van der Waals surface area (Å²) in [5.41, 5.74) is 2.03. The average molecular weight is 488 g/mol. The second-order valence-corrected chi connectivity index (χ2v) is 6.41. The van der Waals surface area contributed by atoms with Crippen molar-refractivity contribution in [2.45, 2.75) is 46.1 Å². The van der Waals surface area contributed by atoms with Crippen molar-refractivity contribution in [1.82, 2.24) is 10.2 Å². The monoisotopic (exact) mass is 488 g/mol. The van der Waals surface area contributed by atoms with E-state index in [2.05, 4.69) is 33.5 Å². The highest BCUT2D eigenvalue weighted by atomic mass is 127. The minimum atomic E-state index is -0.0992. The van der Waals surface area contributed by atoms with Crippen LogP contribution >= 0.6 is 24.0 Å². The van der Waals surface area contributed by atoms with Crippen molar-refractivity contribution < 1.29 is 9.53 Å². The van der Waals surface area contributed by atoms with Crippen LogP contribution in [0.15, 0.2) is 29.3 Å². The van der Waals surface area contributed by atoms with Crippen LogP contribution in [0.3, 0.4) is 0 Å². The lowest BCUT2D eigenvalue weighted by atomic mass is 10.1. The first-order chi connectivity index (χ1) is 12.7. The fourth-order valence-electron chi connectivity index (χ4n) is 3.11. The highest BCUT2D eigenvalue weighted by Gasteiger charge is 2.21. The molecule has 1 aromatic rings. The number of rotatable bonds is 7. The molecule has 0 spiro atoms. The van der Waals surface area contributed by atoms with Gasteiger partial charge in [-0.05, 0) is 50.8 Å². The molecule has 0 aromatic heterocycles. The molecule has 0 saturated carbocycles. The average Bonchev–Trinajstić information content (AvgIpc) is 2.66. The number of carbonyl (C=O) groups excluding carboxylic acids is 1. The van der Waals surface area contributed by atoms with Gasteiger partial charge in [0.1, 0.15) is 6.54 Å². The molecule has 1 aliphatic heterocycles. The highest BCUT2D eigenvalue weighted by molar-refractivity contribution is 14.0. The Hall–Kier alpha value is -1.35. The van der Waals surface area contributed by atoms with Gasteiger partial charge in [-0.1, -0.05) is 19.1 Å². The van der Waals surface area contributed by atoms with E-state index in [1.165, 1.54) is 5.56 Å². The Morgan fingerprint density at radius 1 is 1.26 bits per heavy atom. The summed E-state index contributed by atoms with van der Waals surface area (Å²) in [7, 11) is 0. The number of aryl methyl sites for hydroxylation is 1. The van der Waals surface area contributed by atoms with Gasteiger partial charge in [-0.2, -0.15) is 0 Å². The number of ether oxygens (including phenoxy) is 1. The smallest absolute Gasteiger partial charge is 0.246 e. The molecule has 1 amide bonds. The lowest BCUT2D eigenvalue weighted by Crippen LogP contribution is -2.47. The number of hydrogen-bond acceptors (Lipinski definition) is 3. The van der Waals surface area contributed by atoms with Gasteiger partial charge in [0.25, 0.3) is 0 Å². The van der Waals surface area contributed by atoms with Crippen LogP contribution in [0.2, 0.25) is 0 Å². The van der Waals surface area contributed by atoms with Crippen LogP contribution in [0.1, 0.15) is 39.2 Å². The van der Waals surface area contributed by atoms with E-state index in [4.69, 9.17) is 4.74 Å². The molecule has 0 unspecified atom stereocenters. The van der Waals surface area contributed by atoms with Gasteiger partial charge in [0, 0.05) is 31.9 Å². The molecule has 1 aromatic carbocycles. The summed E-state index contributed by atoms with van der Waals surface area (Å²) >= 11 is 0. The molecule has 1 fully saturated rings. The number of halogens is 1. The molecular weight excluding hydrogens is 455 g/mol. The first-order valence-corrected chi connectivity index (χ1v) is 9.69. The second kappa shape index (κ2) is 12.9. The third-order valence-corrected chi connectivity index (χ3v) is 4.47. The Morgan fingerprint density at radius 3 is 2.63 bits per heavy atom. The first kappa shape index (κ1) is 23.7. The van der Waals surface area contributed by atoms with Crippen LogP contribution in [-0.2, 0) is 16.0 Å². The van der Waals surface area contributed by atoms with Gasteiger partial charge in [-0.25, -0.2) is 4.99 Å². The standard InChI is InChI=1S/C20H32N4O2.HI/c1-4-16-8-7-9-17(14-16)23-19(25)15-22-20(21-5-2)24-12-10-18(11-13-24)26-6-3;/h7-9,14,18H,4-6,10-13,15H2,1-3H3,(H,21,22)(H,23,25);1H. The Kier molecular flexibility index (Phi) is 11.3. The quantitative estimate of drug-likeness (QED) is 0.351. The van der Waals surface area contributed by atoms with Crippen molar-refractivity contribution in [3.05, 3.63) is 29.8 Å². The van der Waals surface area contributed by atoms with E-state index in [0.717, 1.165) is 57.2 Å². The normalized spacial score (nSPS) is 15.2. The Bertz CT molecular complexity index is 601. The number of nitrogens with one attached hydrogen (secondary N) is 2. The zero-order valence-corrected chi connectivity index (χ0v) is 19.0. The number of aliphatic imine (C=N–C) groups is 1. The van der Waals surface area contributed by atoms with Gasteiger partial charge in [0.05, 0.1) is 6.10 Å². The highest BCUT2D eigenvalue weighted by Crippen LogP contribution is 2.14. The van der Waals surface area contributed by atoms with Crippen molar-refractivity contribution in [1.29, 1.82) is 0 Å². The molecule has 6 nitrogen and oxygen atoms in total. The van der Waals surface area contributed by atoms with Gasteiger partial charge >= 0.3 is 0 Å². The van der Waals surface area contributed by atoms with Crippen LogP contribution < -0.4 is 10.6 Å². The summed E-state index contributed by atoms with van der Waals surface area (Å²) in [5, 5.41) is 6.22. The summed E-state index contributed by atoms with van der Waals surface area (Å²) in [6.45, 7) is 9.63. The van der Waals surface area contributed by atoms with Crippen molar-refractivity contribution in [3.63, 3.8) is 0 Å². The van der Waals surface area contributed by atoms with Gasteiger partial charge in [0.15, 0.2) is 5.96 Å². The van der Waals surface area contributed by atoms with E-state index >= 15 is 0 Å². The molecule has 7 heteroatoms. The summed E-state index contributed by atoms with van der Waals surface area (Å²) in [6, 6.07) is 7.93. The summed E-state index contributed by atoms with van der Waals surface area (Å²) in [4.78, 5) is 19.0. The van der Waals surface area contributed by atoms with Gasteiger partial charge in [-0.3, -0.25) is 4.79 Å². The zero-order chi connectivity index (χ0) is 18.8. The van der Waals surface area contributed by atoms with E-state index in [-0.39, 0.29) is 36.4 Å². The van der Waals surface area contributed by atoms with E-state index < -0.39 is 0 Å². The summed E-state index contributed by atoms with van der Waals surface area (Å²) in [5.74, 6) is 0.706. The predicted molar refractivity (Wildman–Crippen MR) is 122 cm³/mol. The molecule has 1 heterocycles. The zero-order valence-electron chi connectivity index (χ0n) is 16.7. The van der Waals surface area contributed by atoms with E-state index in [1.54, 1.807) is 0 Å². The molecule has 2 N–H and O–H groups in total. The number of guanidine groups is 1. The van der Waals surface area contributed by atoms with Crippen LogP contribution in [0.25, 0.3) is 0 Å². The molecule has 0 atom stereocenters. The number of nitrogens with zero attached hydrogens (tertiary/aromatic N) is 2. The van der Waals surface area contributed by atoms with E-state index in [0.29, 0.717) is 6.10 Å². The maximum atomic E-state index is 12.3. The fourth-order valence-corrected chi connectivity index (χ4v) is 3.11. The number of piperidine rings is 1. The predicted octanol–water partition coefficient (Wildman–Crippen LogP) is 3.27. The van der Waals surface area contributed by atoms with Crippen LogP contribution in [0, 0.1) is 0 Å². The Labute approximate surface area is 180 Å². The van der Waals surface area contributed by atoms with Crippen molar-refractivity contribution in [2.24, 2.45) is 4.99 Å². The maximum absolute atomic E-state index is 12.3. The molecule has 0 bridgehead atoms. The van der Waals surface area contributed by atoms with Crippen LogP contribution in [0.5, 0.6) is 0 Å². The second-order valence-electron chi connectivity index (χ2n) is 6.41. The van der Waals surface area contributed by atoms with Crippen LogP contribution in [-0.4, -0.2) is 55.7 Å². The summed E-state index contributed by atoms with van der Waals surface area (Å²) < 4.78 is 5.70. The van der Waals surface area contributed by atoms with E-state index in [9.17, 15) is 4.79 Å². The Morgan fingerprint density at radius 2 is 2.00 bits per heavy atom. The number of likely N-dealkylation sites (tertiary alicyclic amines) is 1. The lowest BCUT2D eigenvalue weighted by Gasteiger charge is -2.34. The third-order valence-electron chi connectivity index (χ3n) is 4.47. The topological polar surface area (TPSA) is 66.0 Å². The van der Waals surface area contributed by atoms with Gasteiger partial charge in [0.2, 0.25) is 5.91 Å². The van der Waals surface area contributed by atoms with Gasteiger partial charge in [-0.15, -0.1) is 24.0 Å². The number of carbonyl (C=O) groups is 1. The Balaban J connectivity index is 0.00000364. The SMILES string of the molecule is CCNC(=NCC(=O)Nc1cccc(CC)c1)N1CCC(OCC)CC1.I. The molecular formula is C20H33IN4O2. The molecule has 1 saturated heterocycles. The number of hydrogen-bond donors (Lipinski definition) is 2. The number of benzene rings is 1. The van der Waals surface area contributed by atoms with Gasteiger partial charge < -0.3 is 20.3 Å². The third kappa shape index (κ3) is 8.04. The number of anilines is 1. The molecule has 1 aliphatic rings. The molecule has 27 heavy (non-hydrogen) atoms. The molecule has 0 aliphatic carbocycles. The molecule has 2 rings (SSSR count). The molecule has 0 radical (unpaired) electrons. The first-order valence-electron chi connectivity index (χ1n) is 9.69. The maximum Gasteiger partial charge on any atom is 0.246 e.